The highest BCUT2D eigenvalue weighted by molar-refractivity contribution is 5.97. The number of hydrogen-bond donors (Lipinski definition) is 1. The van der Waals surface area contributed by atoms with Gasteiger partial charge in [-0.25, -0.2) is 0 Å². The van der Waals surface area contributed by atoms with Crippen LogP contribution >= 0.6 is 0 Å². The van der Waals surface area contributed by atoms with Gasteiger partial charge in [0.15, 0.2) is 0 Å². The number of fused-ring (bicyclic) bond motifs is 1. The minimum absolute atomic E-state index is 0.830. The Morgan fingerprint density at radius 3 is 2.14 bits per heavy atom. The summed E-state index contributed by atoms with van der Waals surface area (Å²) in [6.45, 7) is 0. The Kier molecular flexibility index (Phi) is 5.61. The molecule has 0 unspecified atom stereocenters. The normalized spacial score (nSPS) is 13.3. The largest absolute Gasteiger partial charge is 0.497 e. The van der Waals surface area contributed by atoms with Gasteiger partial charge in [-0.3, -0.25) is 4.99 Å². The van der Waals surface area contributed by atoms with Crippen LogP contribution in [0.4, 0.5) is 11.4 Å². The first-order valence-electron chi connectivity index (χ1n) is 9.67. The first kappa shape index (κ1) is 18.8. The molecule has 4 nitrogen and oxygen atoms in total. The van der Waals surface area contributed by atoms with Crippen LogP contribution in [-0.4, -0.2) is 20.4 Å². The number of benzene rings is 3. The molecule has 29 heavy (non-hydrogen) atoms. The summed E-state index contributed by atoms with van der Waals surface area (Å²) in [5, 5.41) is 3.61. The predicted molar refractivity (Wildman–Crippen MR) is 119 cm³/mol. The number of methoxy groups -OCH3 is 2. The van der Waals surface area contributed by atoms with E-state index >= 15 is 0 Å². The summed E-state index contributed by atoms with van der Waals surface area (Å²) < 4.78 is 10.5. The maximum Gasteiger partial charge on any atom is 0.119 e. The molecule has 0 amide bonds. The van der Waals surface area contributed by atoms with Crippen LogP contribution in [0.1, 0.15) is 17.5 Å². The average molecular weight is 384 g/mol. The van der Waals surface area contributed by atoms with Crippen LogP contribution in [0.15, 0.2) is 83.4 Å². The van der Waals surface area contributed by atoms with Crippen molar-refractivity contribution in [2.45, 2.75) is 12.8 Å². The summed E-state index contributed by atoms with van der Waals surface area (Å²) in [7, 11) is 3.34. The molecule has 0 aromatic heterocycles. The summed E-state index contributed by atoms with van der Waals surface area (Å²) in [4.78, 5) is 4.70. The number of aryl methyl sites for hydroxylation is 1. The average Bonchev–Trinajstić information content (AvgIpc) is 2.79. The van der Waals surface area contributed by atoms with Gasteiger partial charge in [-0.15, -0.1) is 0 Å². The SMILES string of the molecule is COc1ccc(N=CC2=C(Nc3ccc(OC)cc3)c3ccccc3CC2)cc1. The highest BCUT2D eigenvalue weighted by Gasteiger charge is 2.18. The van der Waals surface area contributed by atoms with Crippen molar-refractivity contribution in [1.29, 1.82) is 0 Å². The maximum atomic E-state index is 5.27. The lowest BCUT2D eigenvalue weighted by Crippen LogP contribution is -2.12. The lowest BCUT2D eigenvalue weighted by atomic mass is 9.89. The van der Waals surface area contributed by atoms with E-state index in [2.05, 4.69) is 29.6 Å². The van der Waals surface area contributed by atoms with Gasteiger partial charge in [0.2, 0.25) is 0 Å². The van der Waals surface area contributed by atoms with Crippen molar-refractivity contribution < 1.29 is 9.47 Å². The molecular formula is C25H24N2O2. The second-order valence-corrected chi connectivity index (χ2v) is 6.87. The zero-order valence-electron chi connectivity index (χ0n) is 16.7. The molecule has 0 heterocycles. The maximum absolute atomic E-state index is 5.27. The van der Waals surface area contributed by atoms with Gasteiger partial charge in [0.25, 0.3) is 0 Å². The number of anilines is 1. The van der Waals surface area contributed by atoms with Gasteiger partial charge in [0.1, 0.15) is 11.5 Å². The van der Waals surface area contributed by atoms with Gasteiger partial charge in [-0.2, -0.15) is 0 Å². The van der Waals surface area contributed by atoms with E-state index in [4.69, 9.17) is 14.5 Å². The summed E-state index contributed by atoms with van der Waals surface area (Å²) in [5.74, 6) is 1.67. The molecule has 0 saturated heterocycles. The monoisotopic (exact) mass is 384 g/mol. The van der Waals surface area contributed by atoms with E-state index in [1.807, 2.05) is 54.7 Å². The molecule has 0 bridgehead atoms. The van der Waals surface area contributed by atoms with Gasteiger partial charge in [0, 0.05) is 17.5 Å². The van der Waals surface area contributed by atoms with Crippen LogP contribution in [0.2, 0.25) is 0 Å². The van der Waals surface area contributed by atoms with Gasteiger partial charge in [-0.05, 0) is 72.5 Å². The summed E-state index contributed by atoms with van der Waals surface area (Å²) >= 11 is 0. The van der Waals surface area contributed by atoms with Gasteiger partial charge in [0.05, 0.1) is 25.6 Å². The Labute approximate surface area is 171 Å². The first-order valence-corrected chi connectivity index (χ1v) is 9.67. The van der Waals surface area contributed by atoms with Crippen molar-refractivity contribution in [3.05, 3.63) is 89.5 Å². The first-order chi connectivity index (χ1) is 14.3. The Hall–Kier alpha value is -3.53. The predicted octanol–water partition coefficient (Wildman–Crippen LogP) is 5.88. The number of ether oxygens (including phenoxy) is 2. The van der Waals surface area contributed by atoms with Gasteiger partial charge >= 0.3 is 0 Å². The highest BCUT2D eigenvalue weighted by atomic mass is 16.5. The van der Waals surface area contributed by atoms with Crippen molar-refractivity contribution in [1.82, 2.24) is 0 Å². The fourth-order valence-electron chi connectivity index (χ4n) is 3.47. The van der Waals surface area contributed by atoms with Crippen LogP contribution < -0.4 is 14.8 Å². The molecular weight excluding hydrogens is 360 g/mol. The molecule has 0 aliphatic heterocycles. The molecule has 0 saturated carbocycles. The Morgan fingerprint density at radius 2 is 1.45 bits per heavy atom. The number of nitrogens with zero attached hydrogens (tertiary/aromatic N) is 1. The second-order valence-electron chi connectivity index (χ2n) is 6.87. The molecule has 0 atom stereocenters. The third-order valence-electron chi connectivity index (χ3n) is 5.07. The molecule has 0 spiro atoms. The summed E-state index contributed by atoms with van der Waals surface area (Å²) in [6.07, 6.45) is 3.92. The van der Waals surface area contributed by atoms with Crippen molar-refractivity contribution in [2.75, 3.05) is 19.5 Å². The van der Waals surface area contributed by atoms with Crippen LogP contribution in [0.3, 0.4) is 0 Å². The molecule has 0 fully saturated rings. The zero-order valence-corrected chi connectivity index (χ0v) is 16.7. The molecule has 1 aliphatic rings. The van der Waals surface area contributed by atoms with Crippen LogP contribution in [0.5, 0.6) is 11.5 Å². The molecule has 0 radical (unpaired) electrons. The third kappa shape index (κ3) is 4.32. The van der Waals surface area contributed by atoms with Crippen molar-refractivity contribution >= 4 is 23.3 Å². The van der Waals surface area contributed by atoms with Gasteiger partial charge in [-0.1, -0.05) is 24.3 Å². The lowest BCUT2D eigenvalue weighted by molar-refractivity contribution is 0.415. The van der Waals surface area contributed by atoms with Crippen LogP contribution in [0.25, 0.3) is 5.70 Å². The molecule has 3 aromatic rings. The van der Waals surface area contributed by atoms with E-state index in [1.165, 1.54) is 16.7 Å². The summed E-state index contributed by atoms with van der Waals surface area (Å²) in [5.41, 5.74) is 6.80. The number of hydrogen-bond acceptors (Lipinski definition) is 4. The van der Waals surface area contributed by atoms with E-state index in [-0.39, 0.29) is 0 Å². The molecule has 4 heteroatoms. The van der Waals surface area contributed by atoms with E-state index in [1.54, 1.807) is 14.2 Å². The quantitative estimate of drug-likeness (QED) is 0.540. The van der Waals surface area contributed by atoms with Crippen molar-refractivity contribution in [3.8, 4) is 11.5 Å². The third-order valence-corrected chi connectivity index (χ3v) is 5.07. The molecule has 1 N–H and O–H groups in total. The Bertz CT molecular complexity index is 1040. The fourth-order valence-corrected chi connectivity index (χ4v) is 3.47. The number of aliphatic imine (C=N–C) groups is 1. The summed E-state index contributed by atoms with van der Waals surface area (Å²) in [6, 6.07) is 24.3. The van der Waals surface area contributed by atoms with E-state index < -0.39 is 0 Å². The van der Waals surface area contributed by atoms with Crippen LogP contribution in [-0.2, 0) is 6.42 Å². The number of allylic oxidation sites excluding steroid dienone is 1. The second kappa shape index (κ2) is 8.65. The highest BCUT2D eigenvalue weighted by Crippen LogP contribution is 2.32. The van der Waals surface area contributed by atoms with Gasteiger partial charge < -0.3 is 14.8 Å². The molecule has 1 aliphatic carbocycles. The van der Waals surface area contributed by atoms with Crippen LogP contribution in [0, 0.1) is 0 Å². The fraction of sp³-hybridized carbons (Fsp3) is 0.160. The van der Waals surface area contributed by atoms with Crippen molar-refractivity contribution in [2.24, 2.45) is 4.99 Å². The molecule has 4 rings (SSSR count). The Morgan fingerprint density at radius 1 is 0.793 bits per heavy atom. The van der Waals surface area contributed by atoms with E-state index in [0.717, 1.165) is 41.4 Å². The smallest absolute Gasteiger partial charge is 0.119 e. The molecule has 3 aromatic carbocycles. The minimum Gasteiger partial charge on any atom is -0.497 e. The minimum atomic E-state index is 0.830. The molecule has 146 valence electrons. The van der Waals surface area contributed by atoms with Crippen molar-refractivity contribution in [3.63, 3.8) is 0 Å². The number of nitrogens with one attached hydrogen (secondary N) is 1. The zero-order chi connectivity index (χ0) is 20.1. The Balaban J connectivity index is 1.68. The lowest BCUT2D eigenvalue weighted by Gasteiger charge is -2.23. The van der Waals surface area contributed by atoms with E-state index in [9.17, 15) is 0 Å². The topological polar surface area (TPSA) is 42.8 Å². The standard InChI is InChI=1S/C25H24N2O2/c1-28-22-13-9-20(10-14-22)26-17-19-8-7-18-5-3-4-6-24(18)25(19)27-21-11-15-23(29-2)16-12-21/h3-6,9-17,27H,7-8H2,1-2H3. The number of rotatable bonds is 6. The van der Waals surface area contributed by atoms with E-state index in [0.29, 0.717) is 0 Å².